The van der Waals surface area contributed by atoms with E-state index in [-0.39, 0.29) is 12.0 Å². The summed E-state index contributed by atoms with van der Waals surface area (Å²) in [6, 6.07) is 6.49. The Bertz CT molecular complexity index is 422. The van der Waals surface area contributed by atoms with E-state index in [0.29, 0.717) is 5.92 Å². The molecule has 0 radical (unpaired) electrons. The highest BCUT2D eigenvalue weighted by atomic mass is 16.5. The molecule has 1 aliphatic rings. The molecule has 0 atom stereocenters. The summed E-state index contributed by atoms with van der Waals surface area (Å²) < 4.78 is 11.0. The van der Waals surface area contributed by atoms with E-state index in [1.54, 1.807) is 7.11 Å². The van der Waals surface area contributed by atoms with Crippen LogP contribution in [0.4, 0.5) is 0 Å². The van der Waals surface area contributed by atoms with Gasteiger partial charge in [-0.1, -0.05) is 26.0 Å². The predicted octanol–water partition coefficient (Wildman–Crippen LogP) is 2.86. The number of hydrogen-bond acceptors (Lipinski definition) is 3. The van der Waals surface area contributed by atoms with Crippen LogP contribution < -0.4 is 4.74 Å². The topological polar surface area (TPSA) is 38.7 Å². The first-order chi connectivity index (χ1) is 9.13. The van der Waals surface area contributed by atoms with Crippen molar-refractivity contribution < 1.29 is 14.6 Å². The number of methoxy groups -OCH3 is 1. The molecule has 0 spiro atoms. The second-order valence-corrected chi connectivity index (χ2v) is 5.71. The van der Waals surface area contributed by atoms with Gasteiger partial charge in [-0.3, -0.25) is 0 Å². The maximum absolute atomic E-state index is 9.07. The van der Waals surface area contributed by atoms with Crippen LogP contribution >= 0.6 is 0 Å². The molecule has 1 heterocycles. The van der Waals surface area contributed by atoms with Crippen LogP contribution in [0.1, 0.15) is 43.7 Å². The van der Waals surface area contributed by atoms with E-state index in [2.05, 4.69) is 32.0 Å². The van der Waals surface area contributed by atoms with Crippen LogP contribution in [-0.2, 0) is 10.2 Å². The lowest BCUT2D eigenvalue weighted by Crippen LogP contribution is -2.47. The molecule has 1 fully saturated rings. The van der Waals surface area contributed by atoms with Crippen molar-refractivity contribution in [3.05, 3.63) is 29.3 Å². The number of rotatable bonds is 6. The Labute approximate surface area is 115 Å². The molecular formula is C16H24O3. The van der Waals surface area contributed by atoms with Crippen molar-refractivity contribution in [2.75, 3.05) is 26.9 Å². The molecule has 19 heavy (non-hydrogen) atoms. The first-order valence-electron chi connectivity index (χ1n) is 7.00. The van der Waals surface area contributed by atoms with Crippen molar-refractivity contribution in [1.82, 2.24) is 0 Å². The third-order valence-corrected chi connectivity index (χ3v) is 4.03. The van der Waals surface area contributed by atoms with Crippen LogP contribution in [0.3, 0.4) is 0 Å². The monoisotopic (exact) mass is 264 g/mol. The molecule has 3 heteroatoms. The van der Waals surface area contributed by atoms with Gasteiger partial charge in [-0.15, -0.1) is 0 Å². The molecule has 0 amide bonds. The summed E-state index contributed by atoms with van der Waals surface area (Å²) in [6.45, 7) is 6.05. The van der Waals surface area contributed by atoms with Crippen LogP contribution in [0.2, 0.25) is 0 Å². The van der Waals surface area contributed by atoms with Gasteiger partial charge >= 0.3 is 0 Å². The number of benzene rings is 1. The quantitative estimate of drug-likeness (QED) is 0.858. The van der Waals surface area contributed by atoms with E-state index in [9.17, 15) is 0 Å². The molecule has 0 saturated carbocycles. The smallest absolute Gasteiger partial charge is 0.123 e. The van der Waals surface area contributed by atoms with Crippen LogP contribution in [0.15, 0.2) is 18.2 Å². The van der Waals surface area contributed by atoms with Crippen LogP contribution in [0, 0.1) is 0 Å². The van der Waals surface area contributed by atoms with Crippen molar-refractivity contribution in [1.29, 1.82) is 0 Å². The van der Waals surface area contributed by atoms with Crippen molar-refractivity contribution in [2.45, 2.75) is 38.0 Å². The molecule has 0 aliphatic carbocycles. The molecule has 0 bridgehead atoms. The molecule has 0 aromatic heterocycles. The predicted molar refractivity (Wildman–Crippen MR) is 75.9 cm³/mol. The Morgan fingerprint density at radius 1 is 1.37 bits per heavy atom. The summed E-state index contributed by atoms with van der Waals surface area (Å²) in [5.41, 5.74) is 2.54. The van der Waals surface area contributed by atoms with Gasteiger partial charge in [-0.2, -0.15) is 0 Å². The third-order valence-electron chi connectivity index (χ3n) is 4.03. The summed E-state index contributed by atoms with van der Waals surface area (Å²) in [5, 5.41) is 9.07. The van der Waals surface area contributed by atoms with Crippen molar-refractivity contribution >= 4 is 0 Å². The van der Waals surface area contributed by atoms with E-state index in [0.717, 1.165) is 31.8 Å². The van der Waals surface area contributed by atoms with Gasteiger partial charge in [0.25, 0.3) is 0 Å². The van der Waals surface area contributed by atoms with Crippen molar-refractivity contribution in [2.24, 2.45) is 0 Å². The van der Waals surface area contributed by atoms with Gasteiger partial charge in [0.05, 0.1) is 20.3 Å². The standard InChI is InChI=1S/C16H24O3/c1-12(2)13-5-6-14(15(9-13)18-3)16(7-4-8-17)10-19-11-16/h5-6,9,12,17H,4,7-8,10-11H2,1-3H3. The molecule has 0 unspecified atom stereocenters. The summed E-state index contributed by atoms with van der Waals surface area (Å²) in [7, 11) is 1.72. The Balaban J connectivity index is 2.32. The van der Waals surface area contributed by atoms with Gasteiger partial charge in [0.1, 0.15) is 5.75 Å². The fourth-order valence-electron chi connectivity index (χ4n) is 2.71. The van der Waals surface area contributed by atoms with Crippen molar-refractivity contribution in [3.8, 4) is 5.75 Å². The third kappa shape index (κ3) is 2.77. The lowest BCUT2D eigenvalue weighted by Gasteiger charge is -2.42. The SMILES string of the molecule is COc1cc(C(C)C)ccc1C1(CCCO)COC1. The first kappa shape index (κ1) is 14.4. The average molecular weight is 264 g/mol. The highest BCUT2D eigenvalue weighted by molar-refractivity contribution is 5.44. The maximum atomic E-state index is 9.07. The average Bonchev–Trinajstić information content (AvgIpc) is 2.37. The molecule has 3 nitrogen and oxygen atoms in total. The second kappa shape index (κ2) is 5.93. The van der Waals surface area contributed by atoms with Gasteiger partial charge in [0, 0.05) is 17.6 Å². The van der Waals surface area contributed by atoms with E-state index in [1.807, 2.05) is 0 Å². The van der Waals surface area contributed by atoms with Gasteiger partial charge < -0.3 is 14.6 Å². The van der Waals surface area contributed by atoms with Gasteiger partial charge in [-0.05, 0) is 30.4 Å². The number of aliphatic hydroxyl groups is 1. The molecule has 1 aromatic carbocycles. The Kier molecular flexibility index (Phi) is 4.48. The Hall–Kier alpha value is -1.06. The number of aliphatic hydroxyl groups excluding tert-OH is 1. The molecule has 1 N–H and O–H groups in total. The summed E-state index contributed by atoms with van der Waals surface area (Å²) in [6.07, 6.45) is 1.75. The highest BCUT2D eigenvalue weighted by Gasteiger charge is 2.41. The minimum Gasteiger partial charge on any atom is -0.496 e. The van der Waals surface area contributed by atoms with Crippen LogP contribution in [0.5, 0.6) is 5.75 Å². The second-order valence-electron chi connectivity index (χ2n) is 5.71. The van der Waals surface area contributed by atoms with Gasteiger partial charge in [-0.25, -0.2) is 0 Å². The van der Waals surface area contributed by atoms with Crippen LogP contribution in [-0.4, -0.2) is 32.0 Å². The normalized spacial score (nSPS) is 17.3. The first-order valence-corrected chi connectivity index (χ1v) is 7.00. The lowest BCUT2D eigenvalue weighted by atomic mass is 9.74. The molecule has 1 aliphatic heterocycles. The summed E-state index contributed by atoms with van der Waals surface area (Å²) >= 11 is 0. The van der Waals surface area contributed by atoms with Gasteiger partial charge in [0.15, 0.2) is 0 Å². The van der Waals surface area contributed by atoms with E-state index < -0.39 is 0 Å². The molecule has 106 valence electrons. The number of ether oxygens (including phenoxy) is 2. The fraction of sp³-hybridized carbons (Fsp3) is 0.625. The maximum Gasteiger partial charge on any atom is 0.123 e. The zero-order chi connectivity index (χ0) is 13.9. The zero-order valence-electron chi connectivity index (χ0n) is 12.1. The van der Waals surface area contributed by atoms with Crippen molar-refractivity contribution in [3.63, 3.8) is 0 Å². The highest BCUT2D eigenvalue weighted by Crippen LogP contribution is 2.42. The van der Waals surface area contributed by atoms with E-state index >= 15 is 0 Å². The summed E-state index contributed by atoms with van der Waals surface area (Å²) in [5.74, 6) is 1.45. The van der Waals surface area contributed by atoms with Gasteiger partial charge in [0.2, 0.25) is 0 Å². The van der Waals surface area contributed by atoms with Crippen LogP contribution in [0.25, 0.3) is 0 Å². The minimum atomic E-state index is 0.0313. The minimum absolute atomic E-state index is 0.0313. The lowest BCUT2D eigenvalue weighted by molar-refractivity contribution is -0.0674. The van der Waals surface area contributed by atoms with E-state index in [1.165, 1.54) is 11.1 Å². The zero-order valence-corrected chi connectivity index (χ0v) is 12.1. The largest absolute Gasteiger partial charge is 0.496 e. The Morgan fingerprint density at radius 3 is 2.58 bits per heavy atom. The van der Waals surface area contributed by atoms with E-state index in [4.69, 9.17) is 14.6 Å². The number of hydrogen-bond donors (Lipinski definition) is 1. The summed E-state index contributed by atoms with van der Waals surface area (Å²) in [4.78, 5) is 0. The molecule has 1 saturated heterocycles. The molecule has 1 aromatic rings. The Morgan fingerprint density at radius 2 is 2.11 bits per heavy atom. The fourth-order valence-corrected chi connectivity index (χ4v) is 2.71. The molecule has 2 rings (SSSR count). The molecular weight excluding hydrogens is 240 g/mol.